The van der Waals surface area contributed by atoms with Crippen LogP contribution in [0.5, 0.6) is 0 Å². The number of ether oxygens (including phenoxy) is 4. The molecule has 0 aromatic heterocycles. The Labute approximate surface area is 123 Å². The lowest BCUT2D eigenvalue weighted by atomic mass is 10.4. The summed E-state index contributed by atoms with van der Waals surface area (Å²) < 4.78 is 20.0. The lowest BCUT2D eigenvalue weighted by Crippen LogP contribution is -2.09. The SMILES string of the molecule is CCCCOCCCO.COCCOCCOCCO. The second kappa shape index (κ2) is 23.8. The highest BCUT2D eigenvalue weighted by atomic mass is 16.5. The molecule has 0 amide bonds. The van der Waals surface area contributed by atoms with Gasteiger partial charge in [-0.15, -0.1) is 0 Å². The van der Waals surface area contributed by atoms with Crippen LogP contribution in [0.4, 0.5) is 0 Å². The van der Waals surface area contributed by atoms with E-state index in [4.69, 9.17) is 29.2 Å². The van der Waals surface area contributed by atoms with Gasteiger partial charge in [0.2, 0.25) is 0 Å². The van der Waals surface area contributed by atoms with Crippen molar-refractivity contribution in [2.45, 2.75) is 26.2 Å². The standard InChI is InChI=1S/C7H16O4.C7H16O2/c1-9-4-5-11-7-6-10-3-2-8;1-2-3-6-9-7-4-5-8/h8H,2-7H2,1H3;8H,2-7H2,1H3. The number of aliphatic hydroxyl groups excluding tert-OH is 2. The zero-order valence-electron chi connectivity index (χ0n) is 13.0. The number of methoxy groups -OCH3 is 1. The third-order valence-electron chi connectivity index (χ3n) is 2.13. The van der Waals surface area contributed by atoms with Gasteiger partial charge in [0.1, 0.15) is 0 Å². The largest absolute Gasteiger partial charge is 0.396 e. The van der Waals surface area contributed by atoms with Crippen molar-refractivity contribution in [2.24, 2.45) is 0 Å². The van der Waals surface area contributed by atoms with Gasteiger partial charge in [-0.25, -0.2) is 0 Å². The summed E-state index contributed by atoms with van der Waals surface area (Å²) in [5, 5.41) is 16.7. The highest BCUT2D eigenvalue weighted by Crippen LogP contribution is 1.88. The molecule has 0 saturated heterocycles. The molecule has 124 valence electrons. The van der Waals surface area contributed by atoms with E-state index in [1.54, 1.807) is 7.11 Å². The molecule has 0 aromatic carbocycles. The highest BCUT2D eigenvalue weighted by molar-refractivity contribution is 4.34. The van der Waals surface area contributed by atoms with Crippen molar-refractivity contribution in [2.75, 3.05) is 66.6 Å². The molecule has 0 heterocycles. The maximum absolute atomic E-state index is 8.34. The fourth-order valence-corrected chi connectivity index (χ4v) is 1.04. The Hall–Kier alpha value is -0.240. The van der Waals surface area contributed by atoms with E-state index in [0.29, 0.717) is 39.6 Å². The van der Waals surface area contributed by atoms with E-state index in [0.717, 1.165) is 19.4 Å². The summed E-state index contributed by atoms with van der Waals surface area (Å²) >= 11 is 0. The van der Waals surface area contributed by atoms with E-state index in [9.17, 15) is 0 Å². The van der Waals surface area contributed by atoms with E-state index in [2.05, 4.69) is 6.92 Å². The highest BCUT2D eigenvalue weighted by Gasteiger charge is 1.88. The van der Waals surface area contributed by atoms with Gasteiger partial charge >= 0.3 is 0 Å². The van der Waals surface area contributed by atoms with E-state index in [-0.39, 0.29) is 13.2 Å². The van der Waals surface area contributed by atoms with E-state index < -0.39 is 0 Å². The lowest BCUT2D eigenvalue weighted by molar-refractivity contribution is 0.0159. The molecule has 0 spiro atoms. The molecule has 0 aliphatic heterocycles. The monoisotopic (exact) mass is 296 g/mol. The fourth-order valence-electron chi connectivity index (χ4n) is 1.04. The molecule has 0 aliphatic rings. The van der Waals surface area contributed by atoms with Crippen molar-refractivity contribution in [3.63, 3.8) is 0 Å². The molecule has 0 atom stereocenters. The topological polar surface area (TPSA) is 77.4 Å². The van der Waals surface area contributed by atoms with Gasteiger partial charge < -0.3 is 29.2 Å². The van der Waals surface area contributed by atoms with E-state index in [1.807, 2.05) is 0 Å². The maximum Gasteiger partial charge on any atom is 0.0701 e. The Balaban J connectivity index is 0. The third-order valence-corrected chi connectivity index (χ3v) is 2.13. The molecular formula is C14H32O6. The van der Waals surface area contributed by atoms with Crippen molar-refractivity contribution in [3.8, 4) is 0 Å². The molecule has 0 radical (unpaired) electrons. The minimum atomic E-state index is 0.0675. The molecule has 0 aliphatic carbocycles. The molecule has 6 heteroatoms. The van der Waals surface area contributed by atoms with Crippen LogP contribution in [0.3, 0.4) is 0 Å². The Morgan fingerprint density at radius 1 is 0.650 bits per heavy atom. The van der Waals surface area contributed by atoms with Crippen LogP contribution in [0.25, 0.3) is 0 Å². The summed E-state index contributed by atoms with van der Waals surface area (Å²) in [6.07, 6.45) is 3.08. The minimum Gasteiger partial charge on any atom is -0.396 e. The number of rotatable bonds is 14. The van der Waals surface area contributed by atoms with Gasteiger partial charge in [-0.05, 0) is 12.8 Å². The summed E-state index contributed by atoms with van der Waals surface area (Å²) in [7, 11) is 1.63. The van der Waals surface area contributed by atoms with E-state index >= 15 is 0 Å². The van der Waals surface area contributed by atoms with Crippen molar-refractivity contribution in [3.05, 3.63) is 0 Å². The molecule has 0 rings (SSSR count). The van der Waals surface area contributed by atoms with Gasteiger partial charge in [0, 0.05) is 26.9 Å². The molecule has 6 nitrogen and oxygen atoms in total. The second-order valence-electron chi connectivity index (χ2n) is 3.98. The summed E-state index contributed by atoms with van der Waals surface area (Å²) in [6, 6.07) is 0. The Morgan fingerprint density at radius 2 is 1.20 bits per heavy atom. The van der Waals surface area contributed by atoms with Crippen LogP contribution in [0.15, 0.2) is 0 Å². The van der Waals surface area contributed by atoms with E-state index in [1.165, 1.54) is 6.42 Å². The van der Waals surface area contributed by atoms with Crippen LogP contribution in [0.2, 0.25) is 0 Å². The first-order chi connectivity index (χ1) is 9.83. The second-order valence-corrected chi connectivity index (χ2v) is 3.98. The first-order valence-corrected chi connectivity index (χ1v) is 7.27. The number of unbranched alkanes of at least 4 members (excludes halogenated alkanes) is 1. The van der Waals surface area contributed by atoms with Crippen LogP contribution in [-0.2, 0) is 18.9 Å². The van der Waals surface area contributed by atoms with Crippen molar-refractivity contribution >= 4 is 0 Å². The van der Waals surface area contributed by atoms with Crippen molar-refractivity contribution in [1.29, 1.82) is 0 Å². The predicted molar refractivity (Wildman–Crippen MR) is 78.0 cm³/mol. The van der Waals surface area contributed by atoms with Gasteiger partial charge in [0.05, 0.1) is 39.6 Å². The fraction of sp³-hybridized carbons (Fsp3) is 1.00. The Morgan fingerprint density at radius 3 is 1.75 bits per heavy atom. The third kappa shape index (κ3) is 26.3. The van der Waals surface area contributed by atoms with Gasteiger partial charge in [-0.3, -0.25) is 0 Å². The van der Waals surface area contributed by atoms with Crippen LogP contribution in [-0.4, -0.2) is 76.8 Å². The smallest absolute Gasteiger partial charge is 0.0701 e. The minimum absolute atomic E-state index is 0.0675. The number of hydrogen-bond donors (Lipinski definition) is 2. The van der Waals surface area contributed by atoms with Gasteiger partial charge in [-0.1, -0.05) is 13.3 Å². The molecular weight excluding hydrogens is 264 g/mol. The maximum atomic E-state index is 8.34. The molecule has 2 N–H and O–H groups in total. The summed E-state index contributed by atoms with van der Waals surface area (Å²) in [5.41, 5.74) is 0. The average Bonchev–Trinajstić information content (AvgIpc) is 2.47. The molecule has 0 unspecified atom stereocenters. The van der Waals surface area contributed by atoms with Crippen molar-refractivity contribution < 1.29 is 29.2 Å². The van der Waals surface area contributed by atoms with Crippen LogP contribution >= 0.6 is 0 Å². The molecule has 0 bridgehead atoms. The van der Waals surface area contributed by atoms with Crippen LogP contribution < -0.4 is 0 Å². The zero-order valence-corrected chi connectivity index (χ0v) is 13.0. The van der Waals surface area contributed by atoms with Crippen LogP contribution in [0.1, 0.15) is 26.2 Å². The first-order valence-electron chi connectivity index (χ1n) is 7.27. The summed E-state index contributed by atoms with van der Waals surface area (Å²) in [6.45, 7) is 6.67. The summed E-state index contributed by atoms with van der Waals surface area (Å²) in [4.78, 5) is 0. The normalized spacial score (nSPS) is 10.2. The Bertz CT molecular complexity index is 132. The first kappa shape index (κ1) is 22.0. The lowest BCUT2D eigenvalue weighted by Gasteiger charge is -2.03. The van der Waals surface area contributed by atoms with Gasteiger partial charge in [-0.2, -0.15) is 0 Å². The number of aliphatic hydroxyl groups is 2. The van der Waals surface area contributed by atoms with Gasteiger partial charge in [0.25, 0.3) is 0 Å². The predicted octanol–water partition coefficient (Wildman–Crippen LogP) is 0.844. The molecule has 0 saturated carbocycles. The molecule has 20 heavy (non-hydrogen) atoms. The summed E-state index contributed by atoms with van der Waals surface area (Å²) in [5.74, 6) is 0. The molecule has 0 fully saturated rings. The molecule has 0 aromatic rings. The zero-order chi connectivity index (χ0) is 15.3. The average molecular weight is 296 g/mol. The van der Waals surface area contributed by atoms with Crippen molar-refractivity contribution in [1.82, 2.24) is 0 Å². The quantitative estimate of drug-likeness (QED) is 0.463. The van der Waals surface area contributed by atoms with Gasteiger partial charge in [0.15, 0.2) is 0 Å². The Kier molecular flexibility index (Phi) is 26.3. The van der Waals surface area contributed by atoms with Crippen LogP contribution in [0, 0.1) is 0 Å². The number of hydrogen-bond acceptors (Lipinski definition) is 6.